The molecule has 15 heavy (non-hydrogen) atoms. The molecule has 1 heterocycles. The van der Waals surface area contributed by atoms with Crippen molar-refractivity contribution in [3.63, 3.8) is 0 Å². The van der Waals surface area contributed by atoms with Gasteiger partial charge in [-0.2, -0.15) is 0 Å². The molecule has 0 aromatic rings. The second kappa shape index (κ2) is 6.38. The van der Waals surface area contributed by atoms with Crippen LogP contribution in [-0.2, 0) is 9.53 Å². The first kappa shape index (κ1) is 12.8. The second-order valence-corrected chi connectivity index (χ2v) is 5.55. The molecule has 1 saturated heterocycles. The van der Waals surface area contributed by atoms with Crippen molar-refractivity contribution in [1.82, 2.24) is 4.90 Å². The van der Waals surface area contributed by atoms with E-state index in [1.807, 2.05) is 6.92 Å². The summed E-state index contributed by atoms with van der Waals surface area (Å²) in [4.78, 5) is 13.6. The molecular formula is C11H21NO2S. The van der Waals surface area contributed by atoms with Gasteiger partial charge in [-0.3, -0.25) is 4.79 Å². The second-order valence-electron chi connectivity index (χ2n) is 4.10. The molecule has 0 bridgehead atoms. The van der Waals surface area contributed by atoms with Crippen LogP contribution in [0.5, 0.6) is 0 Å². The molecule has 1 rings (SSSR count). The number of rotatable bonds is 5. The first-order chi connectivity index (χ1) is 7.15. The van der Waals surface area contributed by atoms with Gasteiger partial charge in [0.05, 0.1) is 12.4 Å². The minimum atomic E-state index is -0.111. The molecule has 0 saturated carbocycles. The van der Waals surface area contributed by atoms with E-state index in [-0.39, 0.29) is 11.2 Å². The van der Waals surface area contributed by atoms with Crippen LogP contribution in [0, 0.1) is 0 Å². The molecule has 0 unspecified atom stereocenters. The van der Waals surface area contributed by atoms with Crippen LogP contribution in [0.3, 0.4) is 0 Å². The van der Waals surface area contributed by atoms with E-state index in [1.165, 1.54) is 32.9 Å². The van der Waals surface area contributed by atoms with Crippen molar-refractivity contribution in [3.8, 4) is 0 Å². The molecule has 0 aliphatic carbocycles. The number of carbonyl (C=O) groups is 1. The van der Waals surface area contributed by atoms with Crippen LogP contribution in [0.4, 0.5) is 0 Å². The summed E-state index contributed by atoms with van der Waals surface area (Å²) >= 11 is 1.70. The molecular weight excluding hydrogens is 210 g/mol. The maximum atomic E-state index is 11.1. The number of hydrogen-bond acceptors (Lipinski definition) is 4. The van der Waals surface area contributed by atoms with Gasteiger partial charge in [-0.25, -0.2) is 0 Å². The highest BCUT2D eigenvalue weighted by atomic mass is 32.2. The molecule has 0 amide bonds. The number of hydrogen-bond donors (Lipinski definition) is 0. The number of ether oxygens (including phenoxy) is 1. The Hall–Kier alpha value is -0.220. The van der Waals surface area contributed by atoms with Crippen LogP contribution in [0.1, 0.15) is 26.2 Å². The maximum Gasteiger partial charge on any atom is 0.318 e. The van der Waals surface area contributed by atoms with Crippen LogP contribution >= 0.6 is 11.8 Å². The Bertz CT molecular complexity index is 211. The molecule has 88 valence electrons. The van der Waals surface area contributed by atoms with Gasteiger partial charge >= 0.3 is 5.97 Å². The molecule has 0 radical (unpaired) electrons. The lowest BCUT2D eigenvalue weighted by molar-refractivity contribution is -0.139. The molecule has 1 aliphatic heterocycles. The summed E-state index contributed by atoms with van der Waals surface area (Å²) in [5, 5.41) is -0.0262. The third kappa shape index (κ3) is 4.03. The van der Waals surface area contributed by atoms with Crippen molar-refractivity contribution in [2.75, 3.05) is 26.5 Å². The van der Waals surface area contributed by atoms with Crippen LogP contribution in [-0.4, -0.2) is 48.6 Å². The highest BCUT2D eigenvalue weighted by Crippen LogP contribution is 2.21. The molecule has 0 aromatic carbocycles. The summed E-state index contributed by atoms with van der Waals surface area (Å²) in [7, 11) is 3.64. The largest absolute Gasteiger partial charge is 0.468 e. The van der Waals surface area contributed by atoms with Crippen molar-refractivity contribution in [2.45, 2.75) is 37.5 Å². The van der Waals surface area contributed by atoms with Gasteiger partial charge in [-0.15, -0.1) is 11.8 Å². The van der Waals surface area contributed by atoms with Gasteiger partial charge in [-0.05, 0) is 45.5 Å². The molecule has 1 fully saturated rings. The van der Waals surface area contributed by atoms with Gasteiger partial charge in [-0.1, -0.05) is 0 Å². The summed E-state index contributed by atoms with van der Waals surface area (Å²) in [6.07, 6.45) is 3.81. The van der Waals surface area contributed by atoms with Gasteiger partial charge in [0, 0.05) is 6.04 Å². The monoisotopic (exact) mass is 231 g/mol. The van der Waals surface area contributed by atoms with E-state index in [2.05, 4.69) is 16.7 Å². The van der Waals surface area contributed by atoms with E-state index >= 15 is 0 Å². The zero-order chi connectivity index (χ0) is 11.3. The van der Waals surface area contributed by atoms with E-state index in [9.17, 15) is 4.79 Å². The Balaban J connectivity index is 2.13. The zero-order valence-electron chi connectivity index (χ0n) is 9.86. The lowest BCUT2D eigenvalue weighted by atomic mass is 10.2. The molecule has 0 N–H and O–H groups in total. The number of nitrogens with zero attached hydrogens (tertiary/aromatic N) is 1. The van der Waals surface area contributed by atoms with E-state index in [1.54, 1.807) is 11.8 Å². The molecule has 0 aromatic heterocycles. The van der Waals surface area contributed by atoms with E-state index in [0.29, 0.717) is 0 Å². The summed E-state index contributed by atoms with van der Waals surface area (Å²) in [6.45, 7) is 3.14. The van der Waals surface area contributed by atoms with Gasteiger partial charge in [0.15, 0.2) is 0 Å². The standard InChI is InChI=1S/C11H21NO2S/c1-9(11(13)14-3)15-8-6-10-5-4-7-12(10)2/h9-10H,4-8H2,1-3H3/t9-,10+/m0/s1. The predicted molar refractivity (Wildman–Crippen MR) is 64.2 cm³/mol. The highest BCUT2D eigenvalue weighted by Gasteiger charge is 2.21. The Labute approximate surface area is 96.5 Å². The minimum Gasteiger partial charge on any atom is -0.468 e. The third-order valence-electron chi connectivity index (χ3n) is 3.02. The van der Waals surface area contributed by atoms with E-state index in [0.717, 1.165) is 11.8 Å². The number of thioether (sulfide) groups is 1. The first-order valence-electron chi connectivity index (χ1n) is 5.55. The Morgan fingerprint density at radius 2 is 2.40 bits per heavy atom. The lowest BCUT2D eigenvalue weighted by Gasteiger charge is -2.19. The van der Waals surface area contributed by atoms with Crippen LogP contribution in [0.25, 0.3) is 0 Å². The zero-order valence-corrected chi connectivity index (χ0v) is 10.7. The summed E-state index contributed by atoms with van der Waals surface area (Å²) in [6, 6.07) is 0.724. The first-order valence-corrected chi connectivity index (χ1v) is 6.59. The van der Waals surface area contributed by atoms with Crippen LogP contribution in [0.2, 0.25) is 0 Å². The van der Waals surface area contributed by atoms with Crippen molar-refractivity contribution in [2.24, 2.45) is 0 Å². The van der Waals surface area contributed by atoms with Crippen molar-refractivity contribution in [3.05, 3.63) is 0 Å². The molecule has 0 spiro atoms. The number of methoxy groups -OCH3 is 1. The SMILES string of the molecule is COC(=O)[C@H](C)SCC[C@H]1CCCN1C. The van der Waals surface area contributed by atoms with Crippen LogP contribution < -0.4 is 0 Å². The Morgan fingerprint density at radius 3 is 2.93 bits per heavy atom. The summed E-state index contributed by atoms with van der Waals surface area (Å²) in [5.74, 6) is 0.936. The fraction of sp³-hybridized carbons (Fsp3) is 0.909. The fourth-order valence-electron chi connectivity index (χ4n) is 1.96. The quantitative estimate of drug-likeness (QED) is 0.674. The number of likely N-dealkylation sites (tertiary alicyclic amines) is 1. The lowest BCUT2D eigenvalue weighted by Crippen LogP contribution is -2.25. The summed E-state index contributed by atoms with van der Waals surface area (Å²) in [5.41, 5.74) is 0. The topological polar surface area (TPSA) is 29.5 Å². The van der Waals surface area contributed by atoms with E-state index in [4.69, 9.17) is 0 Å². The predicted octanol–water partition coefficient (Wildman–Crippen LogP) is 1.77. The number of esters is 1. The maximum absolute atomic E-state index is 11.1. The fourth-order valence-corrected chi connectivity index (χ4v) is 2.95. The highest BCUT2D eigenvalue weighted by molar-refractivity contribution is 8.00. The number of carbonyl (C=O) groups excluding carboxylic acids is 1. The Kier molecular flexibility index (Phi) is 5.47. The van der Waals surface area contributed by atoms with Crippen molar-refractivity contribution < 1.29 is 9.53 Å². The average molecular weight is 231 g/mol. The molecule has 3 nitrogen and oxygen atoms in total. The van der Waals surface area contributed by atoms with Crippen molar-refractivity contribution in [1.29, 1.82) is 0 Å². The van der Waals surface area contributed by atoms with Crippen LogP contribution in [0.15, 0.2) is 0 Å². The van der Waals surface area contributed by atoms with Gasteiger partial charge in [0.1, 0.15) is 0 Å². The van der Waals surface area contributed by atoms with Gasteiger partial charge in [0.25, 0.3) is 0 Å². The molecule has 2 atom stereocenters. The van der Waals surface area contributed by atoms with Gasteiger partial charge in [0.2, 0.25) is 0 Å². The van der Waals surface area contributed by atoms with Crippen molar-refractivity contribution >= 4 is 17.7 Å². The minimum absolute atomic E-state index is 0.0262. The molecule has 1 aliphatic rings. The third-order valence-corrected chi connectivity index (χ3v) is 4.19. The normalized spacial score (nSPS) is 24.1. The summed E-state index contributed by atoms with van der Waals surface area (Å²) < 4.78 is 4.69. The van der Waals surface area contributed by atoms with E-state index < -0.39 is 0 Å². The Morgan fingerprint density at radius 1 is 1.67 bits per heavy atom. The smallest absolute Gasteiger partial charge is 0.318 e. The molecule has 4 heteroatoms. The van der Waals surface area contributed by atoms with Gasteiger partial charge < -0.3 is 9.64 Å². The average Bonchev–Trinajstić information content (AvgIpc) is 2.63.